The Morgan fingerprint density at radius 2 is 1.63 bits per heavy atom. The molecule has 2 amide bonds. The SMILES string of the molecule is CCCOc1ccc(Br)cc1C(=O)Nc1ccccc1C(=O)NCc1ccccc1. The molecule has 0 unspecified atom stereocenters. The van der Waals surface area contributed by atoms with Crippen molar-refractivity contribution in [3.05, 3.63) is 94.0 Å². The van der Waals surface area contributed by atoms with Crippen LogP contribution in [0.3, 0.4) is 0 Å². The third-order valence-corrected chi connectivity index (χ3v) is 4.86. The zero-order chi connectivity index (χ0) is 21.3. The molecule has 0 heterocycles. The van der Waals surface area contributed by atoms with Gasteiger partial charge in [0.1, 0.15) is 5.75 Å². The lowest BCUT2D eigenvalue weighted by Crippen LogP contribution is -2.25. The minimum Gasteiger partial charge on any atom is -0.493 e. The van der Waals surface area contributed by atoms with Gasteiger partial charge in [-0.05, 0) is 42.3 Å². The van der Waals surface area contributed by atoms with Crippen LogP contribution in [0.15, 0.2) is 77.3 Å². The maximum absolute atomic E-state index is 13.0. The van der Waals surface area contributed by atoms with Gasteiger partial charge in [-0.3, -0.25) is 9.59 Å². The van der Waals surface area contributed by atoms with Gasteiger partial charge in [-0.15, -0.1) is 0 Å². The first-order chi connectivity index (χ1) is 14.6. The van der Waals surface area contributed by atoms with E-state index in [9.17, 15) is 9.59 Å². The van der Waals surface area contributed by atoms with Gasteiger partial charge in [0.15, 0.2) is 0 Å². The molecule has 2 N–H and O–H groups in total. The second-order valence-electron chi connectivity index (χ2n) is 6.66. The standard InChI is InChI=1S/C24H23BrN2O3/c1-2-14-30-22-13-12-18(25)15-20(22)24(29)27-21-11-7-6-10-19(21)23(28)26-16-17-8-4-3-5-9-17/h3-13,15H,2,14,16H2,1H3,(H,26,28)(H,27,29). The van der Waals surface area contributed by atoms with Crippen molar-refractivity contribution in [3.8, 4) is 5.75 Å². The third-order valence-electron chi connectivity index (χ3n) is 4.36. The molecule has 154 valence electrons. The van der Waals surface area contributed by atoms with Crippen LogP contribution < -0.4 is 15.4 Å². The summed E-state index contributed by atoms with van der Waals surface area (Å²) in [6, 6.07) is 21.9. The molecule has 5 nitrogen and oxygen atoms in total. The van der Waals surface area contributed by atoms with E-state index in [0.717, 1.165) is 16.5 Å². The molecule has 0 radical (unpaired) electrons. The summed E-state index contributed by atoms with van der Waals surface area (Å²) < 4.78 is 6.47. The van der Waals surface area contributed by atoms with Crippen LogP contribution >= 0.6 is 15.9 Å². The number of carbonyl (C=O) groups is 2. The quantitative estimate of drug-likeness (QED) is 0.465. The number of hydrogen-bond acceptors (Lipinski definition) is 3. The fourth-order valence-electron chi connectivity index (χ4n) is 2.87. The number of nitrogens with one attached hydrogen (secondary N) is 2. The van der Waals surface area contributed by atoms with Crippen molar-refractivity contribution in [3.63, 3.8) is 0 Å². The fraction of sp³-hybridized carbons (Fsp3) is 0.167. The van der Waals surface area contributed by atoms with Gasteiger partial charge in [-0.25, -0.2) is 0 Å². The molecule has 0 atom stereocenters. The van der Waals surface area contributed by atoms with Crippen molar-refractivity contribution in [1.82, 2.24) is 5.32 Å². The van der Waals surface area contributed by atoms with Gasteiger partial charge in [0, 0.05) is 11.0 Å². The highest BCUT2D eigenvalue weighted by atomic mass is 79.9. The van der Waals surface area contributed by atoms with Crippen LogP contribution in [0.1, 0.15) is 39.6 Å². The Bertz CT molecular complexity index is 1020. The zero-order valence-electron chi connectivity index (χ0n) is 16.7. The van der Waals surface area contributed by atoms with E-state index in [-0.39, 0.29) is 11.8 Å². The first-order valence-corrected chi connectivity index (χ1v) is 10.5. The smallest absolute Gasteiger partial charge is 0.259 e. The maximum atomic E-state index is 13.0. The molecule has 0 saturated heterocycles. The molecule has 0 spiro atoms. The van der Waals surface area contributed by atoms with Crippen molar-refractivity contribution in [2.75, 3.05) is 11.9 Å². The number of ether oxygens (including phenoxy) is 1. The number of halogens is 1. The first-order valence-electron chi connectivity index (χ1n) is 9.73. The molecular formula is C24H23BrN2O3. The van der Waals surface area contributed by atoms with E-state index in [1.165, 1.54) is 0 Å². The van der Waals surface area contributed by atoms with Crippen molar-refractivity contribution in [2.24, 2.45) is 0 Å². The Kier molecular flexibility index (Phi) is 7.63. The molecule has 3 aromatic rings. The van der Waals surface area contributed by atoms with Crippen LogP contribution in [0.2, 0.25) is 0 Å². The van der Waals surface area contributed by atoms with E-state index < -0.39 is 0 Å². The molecule has 30 heavy (non-hydrogen) atoms. The molecule has 0 saturated carbocycles. The Hall–Kier alpha value is -3.12. The summed E-state index contributed by atoms with van der Waals surface area (Å²) >= 11 is 3.40. The fourth-order valence-corrected chi connectivity index (χ4v) is 3.23. The average Bonchev–Trinajstić information content (AvgIpc) is 2.77. The largest absolute Gasteiger partial charge is 0.493 e. The van der Waals surface area contributed by atoms with Crippen LogP contribution in [0.5, 0.6) is 5.75 Å². The van der Waals surface area contributed by atoms with Crippen molar-refractivity contribution in [2.45, 2.75) is 19.9 Å². The highest BCUT2D eigenvalue weighted by Gasteiger charge is 2.17. The number of amides is 2. The lowest BCUT2D eigenvalue weighted by Gasteiger charge is -2.14. The predicted molar refractivity (Wildman–Crippen MR) is 122 cm³/mol. The van der Waals surface area contributed by atoms with Gasteiger partial charge >= 0.3 is 0 Å². The van der Waals surface area contributed by atoms with E-state index in [2.05, 4.69) is 26.6 Å². The Morgan fingerprint density at radius 3 is 2.40 bits per heavy atom. The molecule has 0 aliphatic carbocycles. The molecule has 0 aliphatic rings. The third kappa shape index (κ3) is 5.70. The Morgan fingerprint density at radius 1 is 0.900 bits per heavy atom. The molecule has 0 aliphatic heterocycles. The highest BCUT2D eigenvalue weighted by Crippen LogP contribution is 2.25. The number of carbonyl (C=O) groups excluding carboxylic acids is 2. The van der Waals surface area contributed by atoms with Gasteiger partial charge in [0.2, 0.25) is 0 Å². The highest BCUT2D eigenvalue weighted by molar-refractivity contribution is 9.10. The van der Waals surface area contributed by atoms with Crippen LogP contribution in [-0.4, -0.2) is 18.4 Å². The summed E-state index contributed by atoms with van der Waals surface area (Å²) in [6.45, 7) is 2.92. The maximum Gasteiger partial charge on any atom is 0.259 e. The lowest BCUT2D eigenvalue weighted by molar-refractivity contribution is 0.0952. The van der Waals surface area contributed by atoms with E-state index in [0.29, 0.717) is 35.7 Å². The molecule has 0 fully saturated rings. The number of anilines is 1. The molecule has 3 aromatic carbocycles. The molecule has 0 aromatic heterocycles. The summed E-state index contributed by atoms with van der Waals surface area (Å²) in [5.41, 5.74) is 2.24. The minimum atomic E-state index is -0.342. The van der Waals surface area contributed by atoms with Crippen molar-refractivity contribution in [1.29, 1.82) is 0 Å². The first kappa shape index (κ1) is 21.6. The topological polar surface area (TPSA) is 67.4 Å². The number of benzene rings is 3. The summed E-state index contributed by atoms with van der Waals surface area (Å²) in [4.78, 5) is 25.7. The molecule has 6 heteroatoms. The van der Waals surface area contributed by atoms with Crippen molar-refractivity contribution < 1.29 is 14.3 Å². The van der Waals surface area contributed by atoms with Gasteiger partial charge < -0.3 is 15.4 Å². The second kappa shape index (κ2) is 10.6. The van der Waals surface area contributed by atoms with Gasteiger partial charge in [0.05, 0.1) is 23.4 Å². The van der Waals surface area contributed by atoms with E-state index in [1.54, 1.807) is 36.4 Å². The minimum absolute atomic E-state index is 0.258. The van der Waals surface area contributed by atoms with Crippen LogP contribution in [0.25, 0.3) is 0 Å². The Balaban J connectivity index is 1.77. The summed E-state index contributed by atoms with van der Waals surface area (Å²) in [5.74, 6) is -0.0966. The molecule has 0 bridgehead atoms. The summed E-state index contributed by atoms with van der Waals surface area (Å²) in [5, 5.41) is 5.74. The molecule has 3 rings (SSSR count). The monoisotopic (exact) mass is 466 g/mol. The van der Waals surface area contributed by atoms with E-state index in [4.69, 9.17) is 4.74 Å². The lowest BCUT2D eigenvalue weighted by atomic mass is 10.1. The average molecular weight is 467 g/mol. The van der Waals surface area contributed by atoms with E-state index >= 15 is 0 Å². The number of rotatable bonds is 8. The molecular weight excluding hydrogens is 444 g/mol. The Labute approximate surface area is 184 Å². The zero-order valence-corrected chi connectivity index (χ0v) is 18.2. The van der Waals surface area contributed by atoms with Crippen molar-refractivity contribution >= 4 is 33.4 Å². The van der Waals surface area contributed by atoms with Crippen LogP contribution in [-0.2, 0) is 6.54 Å². The normalized spacial score (nSPS) is 10.3. The number of hydrogen-bond donors (Lipinski definition) is 2. The van der Waals surface area contributed by atoms with E-state index in [1.807, 2.05) is 43.3 Å². The summed E-state index contributed by atoms with van der Waals surface area (Å²) in [7, 11) is 0. The predicted octanol–water partition coefficient (Wildman–Crippen LogP) is 5.42. The van der Waals surface area contributed by atoms with Crippen LogP contribution in [0.4, 0.5) is 5.69 Å². The van der Waals surface area contributed by atoms with Crippen LogP contribution in [0, 0.1) is 0 Å². The summed E-state index contributed by atoms with van der Waals surface area (Å²) in [6.07, 6.45) is 0.835. The second-order valence-corrected chi connectivity index (χ2v) is 7.57. The van der Waals surface area contributed by atoms with Gasteiger partial charge in [-0.1, -0.05) is 65.3 Å². The number of para-hydroxylation sites is 1. The van der Waals surface area contributed by atoms with Gasteiger partial charge in [0.25, 0.3) is 11.8 Å². The van der Waals surface area contributed by atoms with Gasteiger partial charge in [-0.2, -0.15) is 0 Å².